The molecule has 3 nitrogen and oxygen atoms in total. The van der Waals surface area contributed by atoms with E-state index in [9.17, 15) is 10.1 Å². The smallest absolute Gasteiger partial charge is 0.258 e. The van der Waals surface area contributed by atoms with Gasteiger partial charge in [0, 0.05) is 23.5 Å². The minimum atomic E-state index is -0.270. The van der Waals surface area contributed by atoms with Crippen LogP contribution in [0, 0.1) is 10.1 Å². The van der Waals surface area contributed by atoms with Crippen LogP contribution < -0.4 is 0 Å². The first-order valence-electron chi connectivity index (χ1n) is 4.73. The van der Waals surface area contributed by atoms with Crippen molar-refractivity contribution in [2.24, 2.45) is 0 Å². The summed E-state index contributed by atoms with van der Waals surface area (Å²) in [7, 11) is 0. The van der Waals surface area contributed by atoms with Crippen LogP contribution >= 0.6 is 0 Å². The molecule has 14 heavy (non-hydrogen) atoms. The Hall–Kier alpha value is -1.64. The lowest BCUT2D eigenvalue weighted by molar-refractivity contribution is -0.385. The molecular formula is C11H9NO2. The molecule has 0 saturated heterocycles. The van der Waals surface area contributed by atoms with Crippen molar-refractivity contribution in [1.82, 2.24) is 0 Å². The van der Waals surface area contributed by atoms with Crippen molar-refractivity contribution >= 4 is 5.69 Å². The van der Waals surface area contributed by atoms with E-state index in [1.807, 2.05) is 6.07 Å². The Morgan fingerprint density at radius 1 is 1.29 bits per heavy atom. The van der Waals surface area contributed by atoms with E-state index >= 15 is 0 Å². The lowest BCUT2D eigenvalue weighted by atomic mass is 9.95. The fourth-order valence-corrected chi connectivity index (χ4v) is 2.60. The van der Waals surface area contributed by atoms with Crippen LogP contribution in [0.5, 0.6) is 0 Å². The number of nitrogens with zero attached hydrogens (tertiary/aromatic N) is 1. The maximum atomic E-state index is 10.8. The Labute approximate surface area is 81.2 Å². The van der Waals surface area contributed by atoms with Crippen LogP contribution in [0.25, 0.3) is 0 Å². The Morgan fingerprint density at radius 2 is 2.07 bits per heavy atom. The van der Waals surface area contributed by atoms with Crippen LogP contribution in [0.2, 0.25) is 0 Å². The largest absolute Gasteiger partial charge is 0.273 e. The van der Waals surface area contributed by atoms with Gasteiger partial charge in [-0.05, 0) is 12.0 Å². The van der Waals surface area contributed by atoms with Crippen LogP contribution in [0.1, 0.15) is 29.4 Å². The minimum Gasteiger partial charge on any atom is -0.258 e. The normalized spacial score (nSPS) is 26.6. The molecule has 0 fully saturated rings. The maximum absolute atomic E-state index is 10.8. The number of benzene rings is 1. The molecule has 3 heteroatoms. The second kappa shape index (κ2) is 2.44. The van der Waals surface area contributed by atoms with Gasteiger partial charge in [0.15, 0.2) is 0 Å². The molecule has 0 amide bonds. The van der Waals surface area contributed by atoms with Gasteiger partial charge < -0.3 is 0 Å². The molecule has 1 aromatic rings. The SMILES string of the molecule is O=[N+]([O-])c1cccc2c1[C@@H]1C=C[C@H]2C1. The predicted octanol–water partition coefficient (Wildman–Crippen LogP) is 2.74. The van der Waals surface area contributed by atoms with Gasteiger partial charge >= 0.3 is 0 Å². The Bertz CT molecular complexity index is 451. The lowest BCUT2D eigenvalue weighted by Crippen LogP contribution is -1.99. The van der Waals surface area contributed by atoms with E-state index in [0.717, 1.165) is 17.5 Å². The molecule has 0 aliphatic heterocycles. The molecule has 1 aromatic carbocycles. The molecule has 0 N–H and O–H groups in total. The molecule has 3 rings (SSSR count). The molecule has 2 atom stereocenters. The van der Waals surface area contributed by atoms with Crippen LogP contribution in [-0.2, 0) is 0 Å². The third-order valence-electron chi connectivity index (χ3n) is 3.17. The summed E-state index contributed by atoms with van der Waals surface area (Å²) in [6.45, 7) is 0. The van der Waals surface area contributed by atoms with E-state index in [1.165, 1.54) is 0 Å². The summed E-state index contributed by atoms with van der Waals surface area (Å²) in [4.78, 5) is 10.5. The highest BCUT2D eigenvalue weighted by atomic mass is 16.6. The summed E-state index contributed by atoms with van der Waals surface area (Å²) < 4.78 is 0. The van der Waals surface area contributed by atoms with Crippen molar-refractivity contribution < 1.29 is 4.92 Å². The minimum absolute atomic E-state index is 0.270. The first-order valence-corrected chi connectivity index (χ1v) is 4.73. The van der Waals surface area contributed by atoms with E-state index < -0.39 is 0 Å². The highest BCUT2D eigenvalue weighted by Gasteiger charge is 2.37. The molecular weight excluding hydrogens is 178 g/mol. The van der Waals surface area contributed by atoms with Crippen LogP contribution in [-0.4, -0.2) is 4.92 Å². The summed E-state index contributed by atoms with van der Waals surface area (Å²) in [5.74, 6) is 0.714. The third kappa shape index (κ3) is 0.816. The van der Waals surface area contributed by atoms with Gasteiger partial charge in [-0.3, -0.25) is 10.1 Å². The number of allylic oxidation sites excluding steroid dienone is 2. The van der Waals surface area contributed by atoms with Crippen LogP contribution in [0.4, 0.5) is 5.69 Å². The van der Waals surface area contributed by atoms with Gasteiger partial charge in [0.1, 0.15) is 0 Å². The van der Waals surface area contributed by atoms with Gasteiger partial charge in [0.25, 0.3) is 5.69 Å². The van der Waals surface area contributed by atoms with E-state index in [2.05, 4.69) is 12.2 Å². The molecule has 0 saturated carbocycles. The maximum Gasteiger partial charge on any atom is 0.273 e. The van der Waals surface area contributed by atoms with Crippen molar-refractivity contribution in [1.29, 1.82) is 0 Å². The molecule has 2 bridgehead atoms. The number of nitro benzene ring substituents is 1. The van der Waals surface area contributed by atoms with Gasteiger partial charge in [0.05, 0.1) is 4.92 Å². The molecule has 2 aliphatic rings. The molecule has 0 aromatic heterocycles. The Morgan fingerprint density at radius 3 is 2.86 bits per heavy atom. The van der Waals surface area contributed by atoms with Crippen molar-refractivity contribution in [3.63, 3.8) is 0 Å². The van der Waals surface area contributed by atoms with Gasteiger partial charge in [-0.2, -0.15) is 0 Å². The summed E-state index contributed by atoms with van der Waals surface area (Å²) in [5, 5.41) is 10.8. The Balaban J connectivity index is 2.25. The van der Waals surface area contributed by atoms with E-state index in [-0.39, 0.29) is 10.8 Å². The number of rotatable bonds is 1. The average Bonchev–Trinajstić information content (AvgIpc) is 2.77. The van der Waals surface area contributed by atoms with Crippen molar-refractivity contribution in [3.8, 4) is 0 Å². The van der Waals surface area contributed by atoms with Crippen molar-refractivity contribution in [2.75, 3.05) is 0 Å². The molecule has 0 heterocycles. The van der Waals surface area contributed by atoms with E-state index in [4.69, 9.17) is 0 Å². The average molecular weight is 187 g/mol. The Kier molecular flexibility index (Phi) is 1.35. The number of hydrogen-bond donors (Lipinski definition) is 0. The predicted molar refractivity (Wildman–Crippen MR) is 52.3 cm³/mol. The summed E-state index contributed by atoms with van der Waals surface area (Å²) in [6.07, 6.45) is 5.29. The van der Waals surface area contributed by atoms with Crippen LogP contribution in [0.15, 0.2) is 30.4 Å². The fraction of sp³-hybridized carbons (Fsp3) is 0.273. The van der Waals surface area contributed by atoms with E-state index in [1.54, 1.807) is 12.1 Å². The van der Waals surface area contributed by atoms with Crippen molar-refractivity contribution in [2.45, 2.75) is 18.3 Å². The topological polar surface area (TPSA) is 43.1 Å². The third-order valence-corrected chi connectivity index (χ3v) is 3.17. The second-order valence-corrected chi connectivity index (χ2v) is 3.87. The number of fused-ring (bicyclic) bond motifs is 5. The quantitative estimate of drug-likeness (QED) is 0.385. The van der Waals surface area contributed by atoms with Crippen molar-refractivity contribution in [3.05, 3.63) is 51.6 Å². The zero-order chi connectivity index (χ0) is 9.71. The number of hydrogen-bond acceptors (Lipinski definition) is 2. The molecule has 0 spiro atoms. The first kappa shape index (κ1) is 7.74. The first-order chi connectivity index (χ1) is 6.77. The molecule has 0 unspecified atom stereocenters. The van der Waals surface area contributed by atoms with Gasteiger partial charge in [-0.25, -0.2) is 0 Å². The van der Waals surface area contributed by atoms with E-state index in [0.29, 0.717) is 11.6 Å². The summed E-state index contributed by atoms with van der Waals surface area (Å²) >= 11 is 0. The molecule has 70 valence electrons. The summed E-state index contributed by atoms with van der Waals surface area (Å²) in [5.41, 5.74) is 2.40. The zero-order valence-electron chi connectivity index (χ0n) is 7.51. The monoisotopic (exact) mass is 187 g/mol. The molecule has 2 aliphatic carbocycles. The standard InChI is InChI=1S/C11H9NO2/c13-12(14)10-3-1-2-9-7-4-5-8(6-7)11(9)10/h1-5,7-8H,6H2/t7-,8+/m0/s1. The van der Waals surface area contributed by atoms with Gasteiger partial charge in [-0.1, -0.05) is 24.3 Å². The highest BCUT2D eigenvalue weighted by molar-refractivity contribution is 5.57. The highest BCUT2D eigenvalue weighted by Crippen LogP contribution is 2.51. The van der Waals surface area contributed by atoms with Gasteiger partial charge in [0.2, 0.25) is 0 Å². The number of nitro groups is 1. The van der Waals surface area contributed by atoms with Crippen LogP contribution in [0.3, 0.4) is 0 Å². The lowest BCUT2D eigenvalue weighted by Gasteiger charge is -2.09. The fourth-order valence-electron chi connectivity index (χ4n) is 2.60. The van der Waals surface area contributed by atoms with Gasteiger partial charge in [-0.15, -0.1) is 0 Å². The second-order valence-electron chi connectivity index (χ2n) is 3.87. The zero-order valence-corrected chi connectivity index (χ0v) is 7.51. The molecule has 0 radical (unpaired) electrons. The summed E-state index contributed by atoms with van der Waals surface area (Å²) in [6, 6.07) is 5.40.